The number of halogens is 1. The molecule has 0 aliphatic heterocycles. The van der Waals surface area contributed by atoms with Crippen LogP contribution in [-0.4, -0.2) is 41.5 Å². The molecule has 20 heavy (non-hydrogen) atoms. The highest BCUT2D eigenvalue weighted by Gasteiger charge is 2.24. The molecule has 0 aromatic heterocycles. The molecule has 0 fully saturated rings. The van der Waals surface area contributed by atoms with Crippen molar-refractivity contribution in [2.24, 2.45) is 0 Å². The van der Waals surface area contributed by atoms with Crippen molar-refractivity contribution in [3.8, 4) is 5.75 Å². The normalized spacial score (nSPS) is 13.2. The summed E-state index contributed by atoms with van der Waals surface area (Å²) in [5.74, 6) is -0.795. The summed E-state index contributed by atoms with van der Waals surface area (Å²) in [6.45, 7) is 1.28. The molecule has 1 aromatic carbocycles. The van der Waals surface area contributed by atoms with E-state index in [4.69, 9.17) is 9.84 Å². The minimum atomic E-state index is -1.38. The third kappa shape index (κ3) is 4.39. The van der Waals surface area contributed by atoms with E-state index in [1.807, 2.05) is 0 Å². The van der Waals surface area contributed by atoms with Gasteiger partial charge in [0, 0.05) is 11.8 Å². The fourth-order valence-electron chi connectivity index (χ4n) is 1.43. The van der Waals surface area contributed by atoms with Gasteiger partial charge in [0.1, 0.15) is 5.75 Å². The first kappa shape index (κ1) is 16.3. The molecule has 7 nitrogen and oxygen atoms in total. The van der Waals surface area contributed by atoms with Crippen molar-refractivity contribution in [1.29, 1.82) is 0 Å². The van der Waals surface area contributed by atoms with Crippen LogP contribution in [0.2, 0.25) is 0 Å². The molecule has 110 valence electrons. The first-order valence-corrected chi connectivity index (χ1v) is 6.46. The quantitative estimate of drug-likeness (QED) is 0.644. The zero-order chi connectivity index (χ0) is 15.3. The number of rotatable bonds is 5. The molecular formula is C12H15BrN2O5. The Kier molecular flexibility index (Phi) is 5.78. The van der Waals surface area contributed by atoms with Gasteiger partial charge < -0.3 is 25.6 Å². The summed E-state index contributed by atoms with van der Waals surface area (Å²) >= 11 is 3.27. The van der Waals surface area contributed by atoms with Gasteiger partial charge in [0.05, 0.1) is 17.7 Å². The Morgan fingerprint density at radius 3 is 2.55 bits per heavy atom. The molecule has 4 N–H and O–H groups in total. The summed E-state index contributed by atoms with van der Waals surface area (Å²) in [7, 11) is 1.48. The average Bonchev–Trinajstić information content (AvgIpc) is 2.37. The van der Waals surface area contributed by atoms with E-state index >= 15 is 0 Å². The Morgan fingerprint density at radius 2 is 2.05 bits per heavy atom. The largest absolute Gasteiger partial charge is 0.495 e. The number of aliphatic carboxylic acids is 1. The SMILES string of the molecule is COc1cc(NC(=O)NC(C(=O)O)C(C)O)ccc1Br. The van der Waals surface area contributed by atoms with E-state index in [1.165, 1.54) is 14.0 Å². The van der Waals surface area contributed by atoms with Crippen LogP contribution in [0, 0.1) is 0 Å². The second-order valence-electron chi connectivity index (χ2n) is 4.00. The van der Waals surface area contributed by atoms with Gasteiger partial charge in [-0.3, -0.25) is 0 Å². The van der Waals surface area contributed by atoms with E-state index < -0.39 is 24.1 Å². The Morgan fingerprint density at radius 1 is 1.40 bits per heavy atom. The number of carboxylic acid groups (broad SMARTS) is 1. The highest BCUT2D eigenvalue weighted by molar-refractivity contribution is 9.10. The zero-order valence-electron chi connectivity index (χ0n) is 10.9. The smallest absolute Gasteiger partial charge is 0.328 e. The first-order chi connectivity index (χ1) is 9.35. The third-order valence-electron chi connectivity index (χ3n) is 2.44. The number of anilines is 1. The predicted molar refractivity (Wildman–Crippen MR) is 76.0 cm³/mol. The molecule has 0 heterocycles. The molecule has 0 saturated carbocycles. The standard InChI is InChI=1S/C12H15BrN2O5/c1-6(16)10(11(17)18)15-12(19)14-7-3-4-8(13)9(5-7)20-2/h3-6,10,16H,1-2H3,(H,17,18)(H2,14,15,19). The maximum absolute atomic E-state index is 11.7. The fourth-order valence-corrected chi connectivity index (χ4v) is 1.84. The number of carboxylic acids is 1. The van der Waals surface area contributed by atoms with Gasteiger partial charge in [-0.25, -0.2) is 9.59 Å². The molecule has 8 heteroatoms. The van der Waals surface area contributed by atoms with Gasteiger partial charge in [-0.05, 0) is 35.0 Å². The number of aliphatic hydroxyl groups excluding tert-OH is 1. The van der Waals surface area contributed by atoms with Crippen LogP contribution in [0.15, 0.2) is 22.7 Å². The number of nitrogens with one attached hydrogen (secondary N) is 2. The van der Waals surface area contributed by atoms with Crippen molar-refractivity contribution < 1.29 is 24.5 Å². The van der Waals surface area contributed by atoms with Gasteiger partial charge >= 0.3 is 12.0 Å². The number of hydrogen-bond donors (Lipinski definition) is 4. The minimum absolute atomic E-state index is 0.428. The Balaban J connectivity index is 2.73. The number of amides is 2. The molecule has 0 aliphatic carbocycles. The lowest BCUT2D eigenvalue weighted by atomic mass is 10.2. The summed E-state index contributed by atoms with van der Waals surface area (Å²) in [5, 5.41) is 22.7. The molecule has 0 saturated heterocycles. The maximum atomic E-state index is 11.7. The summed E-state index contributed by atoms with van der Waals surface area (Å²) in [6, 6.07) is 2.75. The van der Waals surface area contributed by atoms with Crippen LogP contribution < -0.4 is 15.4 Å². The van der Waals surface area contributed by atoms with E-state index in [0.717, 1.165) is 4.47 Å². The van der Waals surface area contributed by atoms with Crippen LogP contribution in [0.25, 0.3) is 0 Å². The van der Waals surface area contributed by atoms with Crippen molar-refractivity contribution in [1.82, 2.24) is 5.32 Å². The van der Waals surface area contributed by atoms with Gasteiger partial charge in [-0.1, -0.05) is 0 Å². The minimum Gasteiger partial charge on any atom is -0.495 e. The number of benzene rings is 1. The molecule has 1 aromatic rings. The van der Waals surface area contributed by atoms with Crippen molar-refractivity contribution in [2.45, 2.75) is 19.1 Å². The van der Waals surface area contributed by atoms with Crippen molar-refractivity contribution in [2.75, 3.05) is 12.4 Å². The Bertz CT molecular complexity index is 507. The lowest BCUT2D eigenvalue weighted by Crippen LogP contribution is -2.49. The zero-order valence-corrected chi connectivity index (χ0v) is 12.5. The van der Waals surface area contributed by atoms with Gasteiger partial charge in [-0.15, -0.1) is 0 Å². The van der Waals surface area contributed by atoms with Crippen molar-refractivity contribution >= 4 is 33.6 Å². The second-order valence-corrected chi connectivity index (χ2v) is 4.86. The lowest BCUT2D eigenvalue weighted by Gasteiger charge is -2.17. The van der Waals surface area contributed by atoms with Gasteiger partial charge in [0.15, 0.2) is 6.04 Å². The molecule has 0 spiro atoms. The lowest BCUT2D eigenvalue weighted by molar-refractivity contribution is -0.141. The van der Waals surface area contributed by atoms with E-state index in [1.54, 1.807) is 18.2 Å². The van der Waals surface area contributed by atoms with E-state index in [-0.39, 0.29) is 0 Å². The van der Waals surface area contributed by atoms with Crippen LogP contribution in [0.4, 0.5) is 10.5 Å². The predicted octanol–water partition coefficient (Wildman–Crippen LogP) is 1.41. The van der Waals surface area contributed by atoms with Crippen LogP contribution >= 0.6 is 15.9 Å². The number of urea groups is 1. The number of aliphatic hydroxyl groups is 1. The molecule has 2 unspecified atom stereocenters. The molecular weight excluding hydrogens is 332 g/mol. The molecule has 1 rings (SSSR count). The first-order valence-electron chi connectivity index (χ1n) is 5.67. The summed E-state index contributed by atoms with van der Waals surface area (Å²) in [4.78, 5) is 22.5. The molecule has 0 radical (unpaired) electrons. The van der Waals surface area contributed by atoms with Crippen LogP contribution in [-0.2, 0) is 4.79 Å². The van der Waals surface area contributed by atoms with Gasteiger partial charge in [-0.2, -0.15) is 0 Å². The van der Waals surface area contributed by atoms with Crippen LogP contribution in [0.5, 0.6) is 5.75 Å². The molecule has 2 amide bonds. The number of methoxy groups -OCH3 is 1. The average molecular weight is 347 g/mol. The number of hydrogen-bond acceptors (Lipinski definition) is 4. The summed E-state index contributed by atoms with van der Waals surface area (Å²) in [6.07, 6.45) is -1.21. The van der Waals surface area contributed by atoms with Gasteiger partial charge in [0.25, 0.3) is 0 Å². The number of carbonyl (C=O) groups excluding carboxylic acids is 1. The molecule has 0 aliphatic rings. The van der Waals surface area contributed by atoms with E-state index in [2.05, 4.69) is 26.6 Å². The highest BCUT2D eigenvalue weighted by atomic mass is 79.9. The topological polar surface area (TPSA) is 108 Å². The highest BCUT2D eigenvalue weighted by Crippen LogP contribution is 2.27. The van der Waals surface area contributed by atoms with Crippen molar-refractivity contribution in [3.05, 3.63) is 22.7 Å². The Labute approximate surface area is 124 Å². The van der Waals surface area contributed by atoms with Crippen LogP contribution in [0.1, 0.15) is 6.92 Å². The Hall–Kier alpha value is -1.80. The third-order valence-corrected chi connectivity index (χ3v) is 3.10. The van der Waals surface area contributed by atoms with Crippen LogP contribution in [0.3, 0.4) is 0 Å². The summed E-state index contributed by atoms with van der Waals surface area (Å²) in [5.41, 5.74) is 0.428. The monoisotopic (exact) mass is 346 g/mol. The van der Waals surface area contributed by atoms with Gasteiger partial charge in [0.2, 0.25) is 0 Å². The maximum Gasteiger partial charge on any atom is 0.328 e. The molecule has 0 bridgehead atoms. The van der Waals surface area contributed by atoms with E-state index in [0.29, 0.717) is 11.4 Å². The van der Waals surface area contributed by atoms with E-state index in [9.17, 15) is 14.7 Å². The summed E-state index contributed by atoms with van der Waals surface area (Å²) < 4.78 is 5.79. The second kappa shape index (κ2) is 7.11. The number of ether oxygens (including phenoxy) is 1. The number of carbonyl (C=O) groups is 2. The van der Waals surface area contributed by atoms with Crippen molar-refractivity contribution in [3.63, 3.8) is 0 Å². The fraction of sp³-hybridized carbons (Fsp3) is 0.333. The molecule has 2 atom stereocenters.